The van der Waals surface area contributed by atoms with Crippen molar-refractivity contribution < 1.29 is 17.9 Å². The number of rotatable bonds is 6. The van der Waals surface area contributed by atoms with E-state index in [9.17, 15) is 13.2 Å². The third kappa shape index (κ3) is 4.95. The lowest BCUT2D eigenvalue weighted by atomic mass is 10.2. The Bertz CT molecular complexity index is 1200. The van der Waals surface area contributed by atoms with Gasteiger partial charge in [0, 0.05) is 17.8 Å². The molecule has 0 saturated heterocycles. The van der Waals surface area contributed by atoms with Gasteiger partial charge in [0.05, 0.1) is 17.1 Å². The molecule has 162 valence electrons. The fourth-order valence-corrected chi connectivity index (χ4v) is 5.83. The quantitative estimate of drug-likeness (QED) is 0.612. The monoisotopic (exact) mass is 457 g/mol. The largest absolute Gasteiger partial charge is 0.484 e. The number of carbonyl (C=O) groups excluding carboxylic acids is 1. The molecule has 1 aromatic heterocycles. The number of hydrogen-bond donors (Lipinski definition) is 1. The van der Waals surface area contributed by atoms with E-state index in [-0.39, 0.29) is 24.0 Å². The van der Waals surface area contributed by atoms with E-state index in [1.54, 1.807) is 30.3 Å². The summed E-state index contributed by atoms with van der Waals surface area (Å²) in [6.45, 7) is 4.36. The van der Waals surface area contributed by atoms with Gasteiger partial charge in [-0.2, -0.15) is 4.31 Å². The van der Waals surface area contributed by atoms with Gasteiger partial charge in [-0.15, -0.1) is 11.3 Å². The number of nitrogens with zero attached hydrogens (tertiary/aromatic N) is 2. The number of nitrogens with one attached hydrogen (secondary N) is 1. The average molecular weight is 458 g/mol. The Labute approximate surface area is 185 Å². The molecular formula is C22H23N3O4S2. The van der Waals surface area contributed by atoms with Gasteiger partial charge in [0.1, 0.15) is 5.75 Å². The van der Waals surface area contributed by atoms with Gasteiger partial charge in [0.2, 0.25) is 10.0 Å². The molecule has 9 heteroatoms. The van der Waals surface area contributed by atoms with Crippen LogP contribution in [-0.4, -0.2) is 36.8 Å². The molecule has 0 bridgehead atoms. The minimum absolute atomic E-state index is 0.123. The SMILES string of the molecule is Cc1ccc(S(=O)(=O)N2CCc3nc(NC(=O)COc4cccc(C)c4)sc3C2)cc1. The highest BCUT2D eigenvalue weighted by molar-refractivity contribution is 7.89. The Hall–Kier alpha value is -2.75. The van der Waals surface area contributed by atoms with Crippen molar-refractivity contribution in [2.45, 2.75) is 31.7 Å². The summed E-state index contributed by atoms with van der Waals surface area (Å²) in [6.07, 6.45) is 0.507. The van der Waals surface area contributed by atoms with E-state index >= 15 is 0 Å². The van der Waals surface area contributed by atoms with Crippen LogP contribution in [0, 0.1) is 13.8 Å². The third-order valence-electron chi connectivity index (χ3n) is 4.96. The van der Waals surface area contributed by atoms with Gasteiger partial charge in [-0.25, -0.2) is 13.4 Å². The number of fused-ring (bicyclic) bond motifs is 1. The number of aryl methyl sites for hydroxylation is 2. The Morgan fingerprint density at radius 1 is 1.16 bits per heavy atom. The van der Waals surface area contributed by atoms with Crippen LogP contribution in [0.25, 0.3) is 0 Å². The summed E-state index contributed by atoms with van der Waals surface area (Å²) in [5, 5.41) is 3.21. The zero-order valence-electron chi connectivity index (χ0n) is 17.3. The lowest BCUT2D eigenvalue weighted by Crippen LogP contribution is -2.35. The maximum absolute atomic E-state index is 13.0. The first-order valence-corrected chi connectivity index (χ1v) is 12.1. The molecule has 2 heterocycles. The van der Waals surface area contributed by atoms with Crippen LogP contribution in [0.15, 0.2) is 53.4 Å². The van der Waals surface area contributed by atoms with Crippen LogP contribution < -0.4 is 10.1 Å². The van der Waals surface area contributed by atoms with E-state index in [1.807, 2.05) is 32.0 Å². The number of amides is 1. The number of carbonyl (C=O) groups is 1. The number of hydrogen-bond acceptors (Lipinski definition) is 6. The number of thiazole rings is 1. The second-order valence-corrected chi connectivity index (χ2v) is 10.5. The zero-order chi connectivity index (χ0) is 22.0. The molecule has 1 amide bonds. The lowest BCUT2D eigenvalue weighted by molar-refractivity contribution is -0.118. The molecule has 0 atom stereocenters. The number of aromatic nitrogens is 1. The summed E-state index contributed by atoms with van der Waals surface area (Å²) in [7, 11) is -3.57. The number of anilines is 1. The minimum atomic E-state index is -3.57. The van der Waals surface area contributed by atoms with E-state index in [2.05, 4.69) is 10.3 Å². The average Bonchev–Trinajstić information content (AvgIpc) is 3.14. The van der Waals surface area contributed by atoms with E-state index < -0.39 is 10.0 Å². The van der Waals surface area contributed by atoms with Crippen molar-refractivity contribution in [1.82, 2.24) is 9.29 Å². The molecule has 0 fully saturated rings. The molecule has 0 aliphatic carbocycles. The zero-order valence-corrected chi connectivity index (χ0v) is 18.9. The standard InChI is InChI=1S/C22H23N3O4S2/c1-15-6-8-18(9-7-15)31(27,28)25-11-10-19-20(13-25)30-22(23-19)24-21(26)14-29-17-5-3-4-16(2)12-17/h3-9,12H,10-11,13-14H2,1-2H3,(H,23,24,26). The highest BCUT2D eigenvalue weighted by Crippen LogP contribution is 2.31. The van der Waals surface area contributed by atoms with Gasteiger partial charge >= 0.3 is 0 Å². The molecule has 4 rings (SSSR count). The molecule has 0 saturated carbocycles. The van der Waals surface area contributed by atoms with Crippen LogP contribution in [-0.2, 0) is 27.8 Å². The maximum Gasteiger partial charge on any atom is 0.264 e. The molecule has 3 aromatic rings. The normalized spacial score (nSPS) is 14.1. The Morgan fingerprint density at radius 2 is 1.94 bits per heavy atom. The summed E-state index contributed by atoms with van der Waals surface area (Å²) in [5.74, 6) is 0.322. The first kappa shape index (κ1) is 21.5. The van der Waals surface area contributed by atoms with Gasteiger partial charge in [0.15, 0.2) is 11.7 Å². The van der Waals surface area contributed by atoms with Crippen molar-refractivity contribution in [3.8, 4) is 5.75 Å². The maximum atomic E-state index is 13.0. The van der Waals surface area contributed by atoms with Crippen LogP contribution in [0.2, 0.25) is 0 Å². The van der Waals surface area contributed by atoms with E-state index in [4.69, 9.17) is 4.74 Å². The van der Waals surface area contributed by atoms with Crippen molar-refractivity contribution in [3.05, 3.63) is 70.2 Å². The fraction of sp³-hybridized carbons (Fsp3) is 0.273. The molecule has 1 aliphatic heterocycles. The van der Waals surface area contributed by atoms with Crippen LogP contribution in [0.3, 0.4) is 0 Å². The highest BCUT2D eigenvalue weighted by atomic mass is 32.2. The Balaban J connectivity index is 1.40. The van der Waals surface area contributed by atoms with Gasteiger partial charge in [-0.3, -0.25) is 10.1 Å². The molecule has 0 unspecified atom stereocenters. The number of sulfonamides is 1. The minimum Gasteiger partial charge on any atom is -0.484 e. The van der Waals surface area contributed by atoms with Crippen LogP contribution >= 0.6 is 11.3 Å². The van der Waals surface area contributed by atoms with E-state index in [1.165, 1.54) is 15.6 Å². The molecular weight excluding hydrogens is 434 g/mol. The summed E-state index contributed by atoms with van der Waals surface area (Å²) in [4.78, 5) is 17.8. The number of benzene rings is 2. The topological polar surface area (TPSA) is 88.6 Å². The van der Waals surface area contributed by atoms with Crippen molar-refractivity contribution in [3.63, 3.8) is 0 Å². The molecule has 1 aliphatic rings. The first-order valence-electron chi connectivity index (χ1n) is 9.86. The van der Waals surface area contributed by atoms with Crippen molar-refractivity contribution in [2.75, 3.05) is 18.5 Å². The summed E-state index contributed by atoms with van der Waals surface area (Å²) >= 11 is 1.30. The Morgan fingerprint density at radius 3 is 2.68 bits per heavy atom. The summed E-state index contributed by atoms with van der Waals surface area (Å²) < 4.78 is 32.9. The van der Waals surface area contributed by atoms with Crippen LogP contribution in [0.4, 0.5) is 5.13 Å². The van der Waals surface area contributed by atoms with Crippen molar-refractivity contribution in [1.29, 1.82) is 0 Å². The summed E-state index contributed by atoms with van der Waals surface area (Å²) in [5.41, 5.74) is 2.89. The van der Waals surface area contributed by atoms with Crippen molar-refractivity contribution in [2.24, 2.45) is 0 Å². The van der Waals surface area contributed by atoms with Gasteiger partial charge < -0.3 is 4.74 Å². The molecule has 31 heavy (non-hydrogen) atoms. The second kappa shape index (κ2) is 8.78. The van der Waals surface area contributed by atoms with Gasteiger partial charge in [0.25, 0.3) is 5.91 Å². The molecule has 1 N–H and O–H groups in total. The van der Waals surface area contributed by atoms with E-state index in [0.29, 0.717) is 23.8 Å². The second-order valence-electron chi connectivity index (χ2n) is 7.44. The van der Waals surface area contributed by atoms with Crippen LogP contribution in [0.1, 0.15) is 21.7 Å². The summed E-state index contributed by atoms with van der Waals surface area (Å²) in [6, 6.07) is 14.3. The third-order valence-corrected chi connectivity index (χ3v) is 7.82. The van der Waals surface area contributed by atoms with E-state index in [0.717, 1.165) is 21.7 Å². The first-order chi connectivity index (χ1) is 14.8. The van der Waals surface area contributed by atoms with Gasteiger partial charge in [-0.1, -0.05) is 29.8 Å². The highest BCUT2D eigenvalue weighted by Gasteiger charge is 2.30. The smallest absolute Gasteiger partial charge is 0.264 e. The predicted molar refractivity (Wildman–Crippen MR) is 120 cm³/mol. The van der Waals surface area contributed by atoms with Crippen molar-refractivity contribution >= 4 is 32.4 Å². The molecule has 2 aromatic carbocycles. The number of ether oxygens (including phenoxy) is 1. The molecule has 7 nitrogen and oxygen atoms in total. The predicted octanol–water partition coefficient (Wildman–Crippen LogP) is 3.52. The van der Waals surface area contributed by atoms with Crippen LogP contribution in [0.5, 0.6) is 5.75 Å². The molecule has 0 spiro atoms. The van der Waals surface area contributed by atoms with Gasteiger partial charge in [-0.05, 0) is 43.7 Å². The fourth-order valence-electron chi connectivity index (χ4n) is 3.30. The molecule has 0 radical (unpaired) electrons. The lowest BCUT2D eigenvalue weighted by Gasteiger charge is -2.25. The Kier molecular flexibility index (Phi) is 6.08.